The Morgan fingerprint density at radius 2 is 1.61 bits per heavy atom. The molecule has 13 nitrogen and oxygen atoms in total. The predicted octanol–water partition coefficient (Wildman–Crippen LogP) is 0.894. The molecule has 196 valence electrons. The molecular weight excluding hydrogens is 523 g/mol. The minimum atomic E-state index is -5.25. The number of piperazine rings is 1. The number of benzene rings is 1. The van der Waals surface area contributed by atoms with Crippen LogP contribution in [0.5, 0.6) is 0 Å². The fourth-order valence-corrected chi connectivity index (χ4v) is 6.68. The van der Waals surface area contributed by atoms with Crippen LogP contribution in [0, 0.1) is 5.82 Å². The van der Waals surface area contributed by atoms with Gasteiger partial charge in [-0.2, -0.15) is 0 Å². The van der Waals surface area contributed by atoms with Crippen LogP contribution in [0.4, 0.5) is 10.1 Å². The number of rotatable bonds is 7. The van der Waals surface area contributed by atoms with Crippen LogP contribution in [0.15, 0.2) is 23.1 Å². The zero-order valence-corrected chi connectivity index (χ0v) is 20.5. The van der Waals surface area contributed by atoms with E-state index in [0.29, 0.717) is 5.52 Å². The average Bonchev–Trinajstić information content (AvgIpc) is 3.61. The summed E-state index contributed by atoms with van der Waals surface area (Å²) in [5, 5.41) is 6.86. The molecule has 2 aromatic rings. The molecule has 0 unspecified atom stereocenters. The highest BCUT2D eigenvalue weighted by Crippen LogP contribution is 2.61. The minimum Gasteiger partial charge on any atom is -0.477 e. The highest BCUT2D eigenvalue weighted by molar-refractivity contribution is 7.70. The Hall–Kier alpha value is -2.60. The van der Waals surface area contributed by atoms with E-state index in [1.807, 2.05) is 0 Å². The van der Waals surface area contributed by atoms with Crippen LogP contribution in [-0.2, 0) is 13.9 Å². The summed E-state index contributed by atoms with van der Waals surface area (Å²) in [6.45, 7) is 0.203. The molecule has 0 atom stereocenters. The summed E-state index contributed by atoms with van der Waals surface area (Å²) in [6, 6.07) is 2.46. The summed E-state index contributed by atoms with van der Waals surface area (Å²) < 4.78 is 39.7. The molecular formula is C20H24FN3O10P2. The molecule has 16 heteroatoms. The lowest BCUT2D eigenvalue weighted by Crippen LogP contribution is -2.49. The van der Waals surface area contributed by atoms with Gasteiger partial charge in [-0.15, -0.1) is 0 Å². The maximum Gasteiger partial charge on any atom is 0.341 e. The van der Waals surface area contributed by atoms with Crippen molar-refractivity contribution < 1.29 is 47.8 Å². The van der Waals surface area contributed by atoms with Gasteiger partial charge in [0.2, 0.25) is 11.3 Å². The van der Waals surface area contributed by atoms with Crippen molar-refractivity contribution in [3.05, 3.63) is 39.9 Å². The summed E-state index contributed by atoms with van der Waals surface area (Å²) in [6.07, 6.45) is 1.79. The van der Waals surface area contributed by atoms with Crippen molar-refractivity contribution in [1.29, 1.82) is 0 Å². The first kappa shape index (κ1) is 26.5. The Morgan fingerprint density at radius 3 is 2.11 bits per heavy atom. The number of carboxylic acid groups (broad SMARTS) is 1. The largest absolute Gasteiger partial charge is 0.477 e. The molecule has 2 aliphatic rings. The van der Waals surface area contributed by atoms with Gasteiger partial charge in [-0.1, -0.05) is 0 Å². The lowest BCUT2D eigenvalue weighted by atomic mass is 10.1. The number of amides is 1. The number of aromatic nitrogens is 1. The van der Waals surface area contributed by atoms with E-state index in [9.17, 15) is 48.2 Å². The number of nitrogens with zero attached hydrogens (tertiary/aromatic N) is 3. The van der Waals surface area contributed by atoms with Crippen LogP contribution in [0.25, 0.3) is 10.9 Å². The van der Waals surface area contributed by atoms with Crippen molar-refractivity contribution in [2.45, 2.75) is 30.7 Å². The molecule has 0 radical (unpaired) electrons. The average molecular weight is 547 g/mol. The first-order chi connectivity index (χ1) is 16.7. The molecule has 1 amide bonds. The van der Waals surface area contributed by atoms with Gasteiger partial charge in [0.25, 0.3) is 0 Å². The van der Waals surface area contributed by atoms with Gasteiger partial charge in [0.15, 0.2) is 5.40 Å². The quantitative estimate of drug-likeness (QED) is 0.309. The van der Waals surface area contributed by atoms with Crippen LogP contribution in [0.1, 0.15) is 35.7 Å². The summed E-state index contributed by atoms with van der Waals surface area (Å²) in [7, 11) is -10.5. The first-order valence-corrected chi connectivity index (χ1v) is 14.3. The Bertz CT molecular complexity index is 1370. The third-order valence-corrected chi connectivity index (χ3v) is 10.1. The monoisotopic (exact) mass is 547 g/mol. The molecule has 5 N–H and O–H groups in total. The summed E-state index contributed by atoms with van der Waals surface area (Å²) in [5.41, 5.74) is -0.721. The number of carbonyl (C=O) groups is 2. The highest BCUT2D eigenvalue weighted by Gasteiger charge is 2.45. The summed E-state index contributed by atoms with van der Waals surface area (Å²) in [5.74, 6) is -3.01. The van der Waals surface area contributed by atoms with E-state index in [0.717, 1.165) is 18.9 Å². The van der Waals surface area contributed by atoms with E-state index in [1.165, 1.54) is 17.2 Å². The number of anilines is 1. The molecule has 2 heterocycles. The Kier molecular flexibility index (Phi) is 6.89. The molecule has 0 spiro atoms. The van der Waals surface area contributed by atoms with Gasteiger partial charge in [-0.3, -0.25) is 18.7 Å². The lowest BCUT2D eigenvalue weighted by Gasteiger charge is -2.37. The van der Waals surface area contributed by atoms with Crippen molar-refractivity contribution in [3.8, 4) is 0 Å². The van der Waals surface area contributed by atoms with Gasteiger partial charge in [0.1, 0.15) is 11.4 Å². The van der Waals surface area contributed by atoms with Gasteiger partial charge in [-0.05, 0) is 25.0 Å². The van der Waals surface area contributed by atoms with Gasteiger partial charge < -0.3 is 39.0 Å². The van der Waals surface area contributed by atoms with E-state index in [-0.39, 0.29) is 43.3 Å². The number of hydrogen-bond donors (Lipinski definition) is 5. The van der Waals surface area contributed by atoms with Crippen LogP contribution >= 0.6 is 15.2 Å². The van der Waals surface area contributed by atoms with E-state index in [1.54, 1.807) is 9.47 Å². The fourth-order valence-electron chi connectivity index (χ4n) is 4.32. The summed E-state index contributed by atoms with van der Waals surface area (Å²) >= 11 is 0. The molecule has 1 aliphatic carbocycles. The Balaban J connectivity index is 1.56. The number of fused-ring (bicyclic) bond motifs is 1. The Labute approximate surface area is 203 Å². The first-order valence-electron chi connectivity index (χ1n) is 10.9. The number of pyridine rings is 1. The second-order valence-corrected chi connectivity index (χ2v) is 12.9. The fraction of sp³-hybridized carbons (Fsp3) is 0.450. The second kappa shape index (κ2) is 9.37. The molecule has 0 bridgehead atoms. The van der Waals surface area contributed by atoms with E-state index in [4.69, 9.17) is 0 Å². The zero-order valence-electron chi connectivity index (χ0n) is 18.7. The van der Waals surface area contributed by atoms with Gasteiger partial charge in [0, 0.05) is 43.8 Å². The van der Waals surface area contributed by atoms with Crippen molar-refractivity contribution in [1.82, 2.24) is 9.47 Å². The highest BCUT2D eigenvalue weighted by atomic mass is 31.2. The number of carboxylic acids is 1. The third kappa shape index (κ3) is 5.24. The lowest BCUT2D eigenvalue weighted by molar-refractivity contribution is -0.131. The Morgan fingerprint density at radius 1 is 1.03 bits per heavy atom. The number of aromatic carboxylic acids is 1. The van der Waals surface area contributed by atoms with E-state index in [2.05, 4.69) is 0 Å². The number of halogens is 1. The standard InChI is InChI=1S/C20H24FN3O10P2/c21-14-7-12-15(24(11-1-2-11)10-13(19(12)26)20(27)28)8-16(14)22-3-5-23(6-4-22)17(25)9-18(35(29,30)31)36(32,33)34/h7-8,10-11,18H,1-6,9H2,(H,27,28)(H2,29,30,31)(H2,32,33,34). The van der Waals surface area contributed by atoms with Crippen molar-refractivity contribution in [2.24, 2.45) is 0 Å². The van der Waals surface area contributed by atoms with Crippen LogP contribution in [-0.4, -0.2) is 77.6 Å². The molecule has 1 aliphatic heterocycles. The van der Waals surface area contributed by atoms with Gasteiger partial charge in [-0.25, -0.2) is 9.18 Å². The minimum absolute atomic E-state index is 0.00126. The zero-order chi connectivity index (χ0) is 26.6. The van der Waals surface area contributed by atoms with Crippen LogP contribution < -0.4 is 10.3 Å². The maximum absolute atomic E-state index is 15.1. The molecule has 1 saturated heterocycles. The molecule has 1 aromatic heterocycles. The third-order valence-electron chi connectivity index (χ3n) is 6.38. The van der Waals surface area contributed by atoms with E-state index >= 15 is 4.39 Å². The molecule has 4 rings (SSSR count). The van der Waals surface area contributed by atoms with E-state index < -0.39 is 55.7 Å². The summed E-state index contributed by atoms with van der Waals surface area (Å²) in [4.78, 5) is 76.4. The van der Waals surface area contributed by atoms with Gasteiger partial charge >= 0.3 is 21.2 Å². The molecule has 1 aromatic carbocycles. The number of hydrogen-bond acceptors (Lipinski definition) is 6. The predicted molar refractivity (Wildman–Crippen MR) is 125 cm³/mol. The van der Waals surface area contributed by atoms with Crippen molar-refractivity contribution >= 4 is 43.7 Å². The SMILES string of the molecule is O=C(O)c1cn(C2CC2)c2cc(N3CCN(C(=O)CC(P(=O)(O)O)P(=O)(O)O)CC3)c(F)cc2c1=O. The van der Waals surface area contributed by atoms with Crippen molar-refractivity contribution in [2.75, 3.05) is 31.1 Å². The number of carbonyl (C=O) groups excluding carboxylic acids is 1. The molecule has 36 heavy (non-hydrogen) atoms. The van der Waals surface area contributed by atoms with Crippen LogP contribution in [0.3, 0.4) is 0 Å². The molecule has 2 fully saturated rings. The maximum atomic E-state index is 15.1. The van der Waals surface area contributed by atoms with Crippen molar-refractivity contribution in [3.63, 3.8) is 0 Å². The molecule has 1 saturated carbocycles. The normalized spacial score (nSPS) is 17.2. The van der Waals surface area contributed by atoms with Gasteiger partial charge in [0.05, 0.1) is 17.6 Å². The topological polar surface area (TPSA) is 198 Å². The van der Waals surface area contributed by atoms with Crippen LogP contribution in [0.2, 0.25) is 0 Å². The smallest absolute Gasteiger partial charge is 0.341 e. The second-order valence-electron chi connectivity index (χ2n) is 8.87.